The topological polar surface area (TPSA) is 80.6 Å². The molecule has 1 fully saturated rings. The molecule has 2 aromatic heterocycles. The smallest absolute Gasteiger partial charge is 0.410 e. The minimum Gasteiger partial charge on any atom is -0.449 e. The molecular formula is C24H27ClF3N5O3S. The number of carbonyl (C=O) groups is 2. The Balaban J connectivity index is 0.00000380. The Morgan fingerprint density at radius 1 is 1.22 bits per heavy atom. The summed E-state index contributed by atoms with van der Waals surface area (Å²) in [6.07, 6.45) is -1.51. The molecule has 1 aliphatic heterocycles. The second-order valence-corrected chi connectivity index (χ2v) is 9.08. The van der Waals surface area contributed by atoms with E-state index in [1.807, 2.05) is 13.8 Å². The number of hydrogen-bond acceptors (Lipinski definition) is 5. The van der Waals surface area contributed by atoms with Crippen LogP contribution in [0.3, 0.4) is 0 Å². The maximum Gasteiger partial charge on any atom is 0.410 e. The lowest BCUT2D eigenvalue weighted by molar-refractivity contribution is -0.142. The monoisotopic (exact) mass is 557 g/mol. The lowest BCUT2D eigenvalue weighted by atomic mass is 10.1. The molecule has 0 N–H and O–H groups in total. The van der Waals surface area contributed by atoms with Gasteiger partial charge in [-0.3, -0.25) is 9.48 Å². The van der Waals surface area contributed by atoms with Crippen LogP contribution in [0.15, 0.2) is 36.7 Å². The van der Waals surface area contributed by atoms with Crippen molar-refractivity contribution < 1.29 is 27.5 Å². The number of carbonyl (C=O) groups excluding carboxylic acids is 2. The summed E-state index contributed by atoms with van der Waals surface area (Å²) in [5, 5.41) is 4.71. The fraction of sp³-hybridized carbons (Fsp3) is 0.417. The van der Waals surface area contributed by atoms with Gasteiger partial charge in [0.05, 0.1) is 29.0 Å². The van der Waals surface area contributed by atoms with Gasteiger partial charge in [-0.25, -0.2) is 9.78 Å². The highest BCUT2D eigenvalue weighted by atomic mass is 35.5. The van der Waals surface area contributed by atoms with Gasteiger partial charge < -0.3 is 14.5 Å². The summed E-state index contributed by atoms with van der Waals surface area (Å²) in [6, 6.07) is 6.31. The van der Waals surface area contributed by atoms with Crippen LogP contribution in [0.2, 0.25) is 5.02 Å². The predicted molar refractivity (Wildman–Crippen MR) is 138 cm³/mol. The fourth-order valence-corrected chi connectivity index (χ4v) is 4.36. The number of alkyl halides is 3. The van der Waals surface area contributed by atoms with E-state index in [0.717, 1.165) is 11.1 Å². The first-order chi connectivity index (χ1) is 17.1. The van der Waals surface area contributed by atoms with Gasteiger partial charge in [-0.2, -0.15) is 31.8 Å². The number of pyridine rings is 1. The van der Waals surface area contributed by atoms with Gasteiger partial charge in [0.1, 0.15) is 6.54 Å². The molecule has 0 saturated carbocycles. The molecule has 1 aromatic carbocycles. The Bertz CT molecular complexity index is 1290. The van der Waals surface area contributed by atoms with Crippen molar-refractivity contribution in [3.8, 4) is 11.3 Å². The molecule has 0 spiro atoms. The molecule has 4 rings (SSSR count). The quantitative estimate of drug-likeness (QED) is 0.435. The molecule has 3 aromatic rings. The first-order valence-electron chi connectivity index (χ1n) is 11.5. The van der Waals surface area contributed by atoms with Gasteiger partial charge in [-0.1, -0.05) is 24.6 Å². The van der Waals surface area contributed by atoms with Gasteiger partial charge >= 0.3 is 12.3 Å². The van der Waals surface area contributed by atoms with Crippen LogP contribution in [0.25, 0.3) is 22.2 Å². The zero-order valence-corrected chi connectivity index (χ0v) is 22.0. The lowest BCUT2D eigenvalue weighted by Crippen LogP contribution is -2.55. The van der Waals surface area contributed by atoms with Crippen molar-refractivity contribution in [3.05, 3.63) is 47.2 Å². The Morgan fingerprint density at radius 2 is 1.97 bits per heavy atom. The van der Waals surface area contributed by atoms with Crippen LogP contribution >= 0.6 is 25.1 Å². The van der Waals surface area contributed by atoms with Crippen LogP contribution in [0.4, 0.5) is 18.0 Å². The molecule has 0 radical (unpaired) electrons. The normalized spacial score (nSPS) is 16.0. The second-order valence-electron chi connectivity index (χ2n) is 8.67. The summed E-state index contributed by atoms with van der Waals surface area (Å²) in [7, 11) is 0. The first-order valence-corrected chi connectivity index (χ1v) is 11.9. The molecule has 37 heavy (non-hydrogen) atoms. The third-order valence-electron chi connectivity index (χ3n) is 5.86. The Kier molecular flexibility index (Phi) is 8.96. The van der Waals surface area contributed by atoms with Gasteiger partial charge in [-0.15, -0.1) is 0 Å². The molecule has 1 atom stereocenters. The summed E-state index contributed by atoms with van der Waals surface area (Å²) in [4.78, 5) is 33.3. The van der Waals surface area contributed by atoms with E-state index in [4.69, 9.17) is 16.3 Å². The predicted octanol–water partition coefficient (Wildman–Crippen LogP) is 5.12. The molecule has 13 heteroatoms. The number of nitrogens with zero attached hydrogens (tertiary/aromatic N) is 5. The number of ether oxygens (including phenoxy) is 1. The van der Waals surface area contributed by atoms with Crippen LogP contribution in [0.5, 0.6) is 0 Å². The lowest BCUT2D eigenvalue weighted by Gasteiger charge is -2.39. The average molecular weight is 558 g/mol. The Labute approximate surface area is 223 Å². The number of amides is 2. The third kappa shape index (κ3) is 6.67. The maximum absolute atomic E-state index is 13.2. The van der Waals surface area contributed by atoms with Crippen molar-refractivity contribution in [2.45, 2.75) is 39.0 Å². The van der Waals surface area contributed by atoms with E-state index in [0.29, 0.717) is 59.0 Å². The molecule has 2 amide bonds. The Hall–Kier alpha value is -2.99. The van der Waals surface area contributed by atoms with Crippen molar-refractivity contribution in [3.63, 3.8) is 0 Å². The van der Waals surface area contributed by atoms with E-state index in [2.05, 4.69) is 10.1 Å². The van der Waals surface area contributed by atoms with Crippen molar-refractivity contribution in [2.24, 2.45) is 0 Å². The van der Waals surface area contributed by atoms with Crippen LogP contribution in [-0.2, 0) is 11.3 Å². The second kappa shape index (κ2) is 11.6. The number of halogens is 4. The molecule has 0 aliphatic carbocycles. The van der Waals surface area contributed by atoms with Crippen molar-refractivity contribution in [1.82, 2.24) is 24.6 Å². The number of aromatic nitrogens is 3. The number of benzene rings is 1. The number of hydrogen-bond donors (Lipinski definition) is 0. The Morgan fingerprint density at radius 3 is 2.65 bits per heavy atom. The number of rotatable bonds is 5. The summed E-state index contributed by atoms with van der Waals surface area (Å²) >= 11 is 6.42. The van der Waals surface area contributed by atoms with E-state index >= 15 is 0 Å². The average Bonchev–Trinajstić information content (AvgIpc) is 3.28. The summed E-state index contributed by atoms with van der Waals surface area (Å²) in [5.74, 6) is -0.216. The van der Waals surface area contributed by atoms with Gasteiger partial charge in [0.2, 0.25) is 0 Å². The maximum atomic E-state index is 13.2. The van der Waals surface area contributed by atoms with E-state index in [-0.39, 0.29) is 31.5 Å². The minimum absolute atomic E-state index is 0. The SMILES string of the molecule is CCCOC(=O)N1CCN(C(=O)c2ccc3c(Cl)cc(-c4cnn(CC(F)(F)F)c4)nc3c2)C[C@@H]1C.S. The highest BCUT2D eigenvalue weighted by molar-refractivity contribution is 7.59. The first kappa shape index (κ1) is 28.6. The van der Waals surface area contributed by atoms with E-state index < -0.39 is 12.7 Å². The van der Waals surface area contributed by atoms with E-state index in [1.165, 1.54) is 12.4 Å². The fourth-order valence-electron chi connectivity index (χ4n) is 4.10. The standard InChI is InChI=1S/C24H25ClF3N5O3.H2S/c1-3-8-36-23(35)33-7-6-31(12-15(33)2)22(34)16-4-5-18-19(25)10-20(30-21(18)9-16)17-11-29-32(13-17)14-24(26,27)28;/h4-5,9-11,13,15H,3,6-8,12,14H2,1-2H3;1H2/t15-;/m0./s1. The van der Waals surface area contributed by atoms with E-state index in [1.54, 1.807) is 34.1 Å². The molecule has 1 saturated heterocycles. The third-order valence-corrected chi connectivity index (χ3v) is 6.17. The largest absolute Gasteiger partial charge is 0.449 e. The zero-order chi connectivity index (χ0) is 26.0. The van der Waals surface area contributed by atoms with Gasteiger partial charge in [-0.05, 0) is 31.5 Å². The molecule has 0 unspecified atom stereocenters. The molecule has 1 aliphatic rings. The van der Waals surface area contributed by atoms with Crippen molar-refractivity contribution in [1.29, 1.82) is 0 Å². The van der Waals surface area contributed by atoms with E-state index in [9.17, 15) is 22.8 Å². The van der Waals surface area contributed by atoms with Crippen LogP contribution in [-0.4, -0.2) is 75.0 Å². The van der Waals surface area contributed by atoms with Crippen molar-refractivity contribution >= 4 is 48.0 Å². The van der Waals surface area contributed by atoms with Gasteiger partial charge in [0.25, 0.3) is 5.91 Å². The molecular weight excluding hydrogens is 531 g/mol. The van der Waals surface area contributed by atoms with Gasteiger partial charge in [0, 0.05) is 48.4 Å². The molecule has 3 heterocycles. The molecule has 200 valence electrons. The zero-order valence-electron chi connectivity index (χ0n) is 20.3. The molecule has 0 bridgehead atoms. The summed E-state index contributed by atoms with van der Waals surface area (Å²) in [5.41, 5.74) is 1.55. The van der Waals surface area contributed by atoms with Crippen LogP contribution in [0, 0.1) is 0 Å². The van der Waals surface area contributed by atoms with Crippen molar-refractivity contribution in [2.75, 3.05) is 26.2 Å². The minimum atomic E-state index is -4.40. The highest BCUT2D eigenvalue weighted by Crippen LogP contribution is 2.29. The van der Waals surface area contributed by atoms with Crippen LogP contribution in [0.1, 0.15) is 30.6 Å². The number of piperazine rings is 1. The summed E-state index contributed by atoms with van der Waals surface area (Å²) < 4.78 is 44.0. The summed E-state index contributed by atoms with van der Waals surface area (Å²) in [6.45, 7) is 3.98. The van der Waals surface area contributed by atoms with Crippen LogP contribution < -0.4 is 0 Å². The van der Waals surface area contributed by atoms with Gasteiger partial charge in [0.15, 0.2) is 0 Å². The molecule has 8 nitrogen and oxygen atoms in total. The highest BCUT2D eigenvalue weighted by Gasteiger charge is 2.31. The number of fused-ring (bicyclic) bond motifs is 1.